The molecule has 1 fully saturated rings. The lowest BCUT2D eigenvalue weighted by Crippen LogP contribution is -2.40. The molecule has 0 bridgehead atoms. The summed E-state index contributed by atoms with van der Waals surface area (Å²) in [6, 6.07) is 16.7. The van der Waals surface area contributed by atoms with Crippen molar-refractivity contribution in [1.29, 1.82) is 0 Å². The lowest BCUT2D eigenvalue weighted by molar-refractivity contribution is 0.339. The van der Waals surface area contributed by atoms with Crippen LogP contribution in [-0.4, -0.2) is 29.1 Å². The molecule has 2 heterocycles. The van der Waals surface area contributed by atoms with Crippen molar-refractivity contribution >= 4 is 17.9 Å². The molecule has 1 aliphatic rings. The van der Waals surface area contributed by atoms with E-state index in [9.17, 15) is 4.39 Å². The van der Waals surface area contributed by atoms with E-state index in [0.29, 0.717) is 29.5 Å². The van der Waals surface area contributed by atoms with Crippen molar-refractivity contribution in [3.05, 3.63) is 77.3 Å². The molecule has 0 spiro atoms. The van der Waals surface area contributed by atoms with Gasteiger partial charge in [-0.15, -0.1) is 0 Å². The first-order chi connectivity index (χ1) is 15.1. The maximum Gasteiger partial charge on any atom is 0.199 e. The molecule has 31 heavy (non-hydrogen) atoms. The number of aromatic nitrogens is 1. The molecule has 3 aromatic rings. The number of hydrogen-bond acceptors (Lipinski definition) is 3. The summed E-state index contributed by atoms with van der Waals surface area (Å²) in [6.07, 6.45) is 6.01. The van der Waals surface area contributed by atoms with Gasteiger partial charge in [0, 0.05) is 24.7 Å². The van der Waals surface area contributed by atoms with Gasteiger partial charge >= 0.3 is 0 Å². The Hall–Kier alpha value is -3.41. The highest BCUT2D eigenvalue weighted by atomic mass is 19.1. The average molecular weight is 419 g/mol. The highest BCUT2D eigenvalue weighted by Crippen LogP contribution is 2.25. The molecule has 0 amide bonds. The van der Waals surface area contributed by atoms with E-state index >= 15 is 0 Å². The second-order valence-corrected chi connectivity index (χ2v) is 7.95. The number of allylic oxidation sites excluding steroid dienone is 1. The van der Waals surface area contributed by atoms with Crippen molar-refractivity contribution in [2.24, 2.45) is 10.7 Å². The van der Waals surface area contributed by atoms with Crippen LogP contribution in [0, 0.1) is 5.82 Å². The molecule has 0 radical (unpaired) electrons. The number of likely N-dealkylation sites (tertiary alicyclic amines) is 1. The van der Waals surface area contributed by atoms with Crippen molar-refractivity contribution in [3.63, 3.8) is 0 Å². The van der Waals surface area contributed by atoms with Gasteiger partial charge in [-0.05, 0) is 55.9 Å². The molecule has 160 valence electrons. The van der Waals surface area contributed by atoms with Crippen LogP contribution in [0.5, 0.6) is 0 Å². The monoisotopic (exact) mass is 418 g/mol. The maximum absolute atomic E-state index is 14.6. The fourth-order valence-electron chi connectivity index (χ4n) is 3.85. The fraction of sp³-hybridized carbons (Fsp3) is 0.280. The second-order valence-electron chi connectivity index (χ2n) is 7.95. The molecule has 0 aliphatic carbocycles. The van der Waals surface area contributed by atoms with Gasteiger partial charge in [0.25, 0.3) is 0 Å². The van der Waals surface area contributed by atoms with Crippen molar-refractivity contribution < 1.29 is 8.91 Å². The maximum atomic E-state index is 14.6. The first-order valence-electron chi connectivity index (χ1n) is 10.7. The third-order valence-corrected chi connectivity index (χ3v) is 5.42. The average Bonchev–Trinajstić information content (AvgIpc) is 3.21. The molecule has 0 saturated carbocycles. The number of piperidine rings is 1. The van der Waals surface area contributed by atoms with E-state index < -0.39 is 0 Å². The molecule has 0 unspecified atom stereocenters. The van der Waals surface area contributed by atoms with E-state index in [-0.39, 0.29) is 5.82 Å². The van der Waals surface area contributed by atoms with Crippen LogP contribution in [0.25, 0.3) is 17.2 Å². The van der Waals surface area contributed by atoms with Crippen LogP contribution >= 0.6 is 0 Å². The van der Waals surface area contributed by atoms with Gasteiger partial charge in [-0.25, -0.2) is 4.39 Å². The Morgan fingerprint density at radius 2 is 1.90 bits per heavy atom. The summed E-state index contributed by atoms with van der Waals surface area (Å²) >= 11 is 0. The number of rotatable bonds is 5. The SMILES string of the molecule is CC(=Cc1cc(N=C(N)N2CCCCC2)no1)Cc1ccc(-c2ccccc2)c(F)c1. The van der Waals surface area contributed by atoms with E-state index in [2.05, 4.69) is 15.0 Å². The van der Waals surface area contributed by atoms with Crippen LogP contribution in [0.3, 0.4) is 0 Å². The van der Waals surface area contributed by atoms with Gasteiger partial charge in [0.05, 0.1) is 0 Å². The van der Waals surface area contributed by atoms with Crippen LogP contribution < -0.4 is 5.73 Å². The first-order valence-corrected chi connectivity index (χ1v) is 10.7. The van der Waals surface area contributed by atoms with Gasteiger partial charge in [0.1, 0.15) is 5.82 Å². The lowest BCUT2D eigenvalue weighted by Gasteiger charge is -2.27. The first kappa shape index (κ1) is 20.8. The number of guanidine groups is 1. The Bertz CT molecular complexity index is 1080. The summed E-state index contributed by atoms with van der Waals surface area (Å²) in [5, 5.41) is 4.00. The Kier molecular flexibility index (Phi) is 6.46. The van der Waals surface area contributed by atoms with E-state index in [0.717, 1.165) is 42.6 Å². The molecule has 5 nitrogen and oxygen atoms in total. The minimum atomic E-state index is -0.221. The number of aliphatic imine (C=N–C) groups is 1. The van der Waals surface area contributed by atoms with Gasteiger partial charge in [-0.3, -0.25) is 0 Å². The highest BCUT2D eigenvalue weighted by Gasteiger charge is 2.13. The molecule has 4 rings (SSSR count). The highest BCUT2D eigenvalue weighted by molar-refractivity contribution is 5.80. The Labute approximate surface area is 182 Å². The molecule has 1 saturated heterocycles. The summed E-state index contributed by atoms with van der Waals surface area (Å²) in [4.78, 5) is 6.46. The molecule has 6 heteroatoms. The third kappa shape index (κ3) is 5.40. The molecule has 2 aromatic carbocycles. The number of hydrogen-bond donors (Lipinski definition) is 1. The zero-order valence-electron chi connectivity index (χ0n) is 17.7. The predicted molar refractivity (Wildman–Crippen MR) is 122 cm³/mol. The second kappa shape index (κ2) is 9.60. The summed E-state index contributed by atoms with van der Waals surface area (Å²) < 4.78 is 20.0. The van der Waals surface area contributed by atoms with Crippen molar-refractivity contribution in [1.82, 2.24) is 10.1 Å². The molecule has 2 N–H and O–H groups in total. The third-order valence-electron chi connectivity index (χ3n) is 5.42. The minimum Gasteiger partial charge on any atom is -0.369 e. The van der Waals surface area contributed by atoms with E-state index in [1.165, 1.54) is 6.42 Å². The number of nitrogens with two attached hydrogens (primary N) is 1. The predicted octanol–water partition coefficient (Wildman–Crippen LogP) is 5.56. The van der Waals surface area contributed by atoms with Gasteiger partial charge in [-0.2, -0.15) is 4.99 Å². The quantitative estimate of drug-likeness (QED) is 0.435. The van der Waals surface area contributed by atoms with Crippen LogP contribution in [0.1, 0.15) is 37.5 Å². The number of nitrogens with zero attached hydrogens (tertiary/aromatic N) is 3. The van der Waals surface area contributed by atoms with Crippen LogP contribution in [0.15, 0.2) is 69.7 Å². The summed E-state index contributed by atoms with van der Waals surface area (Å²) in [7, 11) is 0. The van der Waals surface area contributed by atoms with Gasteiger partial charge < -0.3 is 15.2 Å². The van der Waals surface area contributed by atoms with Crippen LogP contribution in [0.2, 0.25) is 0 Å². The Morgan fingerprint density at radius 1 is 1.13 bits per heavy atom. The zero-order chi connectivity index (χ0) is 21.6. The summed E-state index contributed by atoms with van der Waals surface area (Å²) in [5.41, 5.74) is 9.51. The summed E-state index contributed by atoms with van der Waals surface area (Å²) in [5.74, 6) is 1.32. The lowest BCUT2D eigenvalue weighted by atomic mass is 10.00. The van der Waals surface area contributed by atoms with Gasteiger partial charge in [-0.1, -0.05) is 53.2 Å². The van der Waals surface area contributed by atoms with Crippen molar-refractivity contribution in [2.75, 3.05) is 13.1 Å². The minimum absolute atomic E-state index is 0.221. The van der Waals surface area contributed by atoms with Gasteiger partial charge in [0.2, 0.25) is 0 Å². The summed E-state index contributed by atoms with van der Waals surface area (Å²) in [6.45, 7) is 3.84. The molecule has 0 atom stereocenters. The van der Waals surface area contributed by atoms with E-state index in [1.807, 2.05) is 55.5 Å². The fourth-order valence-corrected chi connectivity index (χ4v) is 3.85. The van der Waals surface area contributed by atoms with Crippen LogP contribution in [-0.2, 0) is 6.42 Å². The molecule has 1 aliphatic heterocycles. The molecule has 1 aromatic heterocycles. The topological polar surface area (TPSA) is 67.7 Å². The Balaban J connectivity index is 1.43. The standard InChI is InChI=1S/C25H27FN4O/c1-18(14-19-10-11-22(23(26)16-19)20-8-4-2-5-9-20)15-21-17-24(29-31-21)28-25(27)30-12-6-3-7-13-30/h2,4-5,8-11,15-17H,3,6-7,12-14H2,1H3,(H2,27,28,29). The number of halogens is 1. The largest absolute Gasteiger partial charge is 0.369 e. The molecular formula is C25H27FN4O. The van der Waals surface area contributed by atoms with E-state index in [4.69, 9.17) is 10.3 Å². The van der Waals surface area contributed by atoms with E-state index in [1.54, 1.807) is 12.1 Å². The van der Waals surface area contributed by atoms with Crippen molar-refractivity contribution in [2.45, 2.75) is 32.6 Å². The zero-order valence-corrected chi connectivity index (χ0v) is 17.7. The normalized spacial score (nSPS) is 15.4. The Morgan fingerprint density at radius 3 is 2.65 bits per heavy atom. The van der Waals surface area contributed by atoms with Crippen molar-refractivity contribution in [3.8, 4) is 11.1 Å². The van der Waals surface area contributed by atoms with Gasteiger partial charge in [0.15, 0.2) is 17.5 Å². The molecular weight excluding hydrogens is 391 g/mol. The van der Waals surface area contributed by atoms with Crippen LogP contribution in [0.4, 0.5) is 10.2 Å². The smallest absolute Gasteiger partial charge is 0.199 e. The number of benzene rings is 2.